The van der Waals surface area contributed by atoms with E-state index in [0.29, 0.717) is 31.8 Å². The van der Waals surface area contributed by atoms with Crippen LogP contribution < -0.4 is 19.9 Å². The highest BCUT2D eigenvalue weighted by Gasteiger charge is 2.34. The van der Waals surface area contributed by atoms with E-state index in [1.165, 1.54) is 51.8 Å². The number of hydrogen-bond acceptors (Lipinski definition) is 7. The first-order valence-electron chi connectivity index (χ1n) is 13.6. The number of nitrogens with one attached hydrogen (secondary N) is 1. The summed E-state index contributed by atoms with van der Waals surface area (Å²) in [7, 11) is 0. The van der Waals surface area contributed by atoms with E-state index in [-0.39, 0.29) is 0 Å². The molecule has 7 nitrogen and oxygen atoms in total. The Kier molecular flexibility index (Phi) is 7.79. The third-order valence-electron chi connectivity index (χ3n) is 7.65. The molecule has 3 aliphatic heterocycles. The van der Waals surface area contributed by atoms with Crippen molar-refractivity contribution in [3.05, 3.63) is 59.3 Å². The second kappa shape index (κ2) is 11.4. The van der Waals surface area contributed by atoms with Gasteiger partial charge in [-0.2, -0.15) is 0 Å². The van der Waals surface area contributed by atoms with Crippen LogP contribution in [0.2, 0.25) is 0 Å². The third-order valence-corrected chi connectivity index (χ3v) is 7.65. The Morgan fingerprint density at radius 2 is 1.78 bits per heavy atom. The number of benzene rings is 2. The molecular weight excluding hydrogens is 464 g/mol. The first-order chi connectivity index (χ1) is 18.1. The molecule has 1 aromatic heterocycles. The largest absolute Gasteiger partial charge is 0.478 e. The van der Waals surface area contributed by atoms with Crippen LogP contribution in [0.3, 0.4) is 0 Å². The van der Waals surface area contributed by atoms with Gasteiger partial charge in [0, 0.05) is 60.1 Å². The number of carbonyl (C=O) groups excluding carboxylic acids is 1. The monoisotopic (exact) mass is 502 g/mol. The average Bonchev–Trinajstić information content (AvgIpc) is 3.26. The van der Waals surface area contributed by atoms with Crippen molar-refractivity contribution in [3.63, 3.8) is 0 Å². The van der Waals surface area contributed by atoms with Crippen LogP contribution in [-0.2, 0) is 22.5 Å². The minimum Gasteiger partial charge on any atom is -0.478 e. The Labute approximate surface area is 219 Å². The highest BCUT2D eigenvalue weighted by Crippen LogP contribution is 2.37. The molecule has 2 unspecified atom stereocenters. The van der Waals surface area contributed by atoms with Crippen LogP contribution in [0.1, 0.15) is 43.5 Å². The molecule has 3 aromatic rings. The van der Waals surface area contributed by atoms with E-state index in [0.717, 1.165) is 38.5 Å². The molecule has 1 N–H and O–H groups in total. The van der Waals surface area contributed by atoms with Gasteiger partial charge in [-0.3, -0.25) is 4.79 Å². The molecule has 7 heteroatoms. The molecule has 2 bridgehead atoms. The number of aromatic nitrogens is 1. The van der Waals surface area contributed by atoms with Gasteiger partial charge in [0.15, 0.2) is 0 Å². The normalized spacial score (nSPS) is 20.2. The quantitative estimate of drug-likeness (QED) is 0.493. The maximum absolute atomic E-state index is 9.18. The van der Waals surface area contributed by atoms with Crippen molar-refractivity contribution in [1.29, 1.82) is 0 Å². The SMILES string of the molecule is CCOC=O.CCOc1cc(N2CC3CCC(C2)N3)c2c(n1)CN(c1cccc3cccc(C)c13)CC2. The summed E-state index contributed by atoms with van der Waals surface area (Å²) >= 11 is 0. The van der Waals surface area contributed by atoms with E-state index in [1.807, 2.05) is 6.92 Å². The second-order valence-electron chi connectivity index (χ2n) is 10.1. The lowest BCUT2D eigenvalue weighted by Gasteiger charge is -2.38. The van der Waals surface area contributed by atoms with Crippen molar-refractivity contribution < 1.29 is 14.3 Å². The Morgan fingerprint density at radius 1 is 1.03 bits per heavy atom. The number of rotatable bonds is 6. The lowest BCUT2D eigenvalue weighted by atomic mass is 9.98. The van der Waals surface area contributed by atoms with Crippen LogP contribution >= 0.6 is 0 Å². The number of ether oxygens (including phenoxy) is 2. The number of piperazine rings is 1. The standard InChI is InChI=1S/C27H32N4O.C3H6O2/c1-3-32-26-14-25(31-15-20-10-11-21(16-31)28-20)22-12-13-30(17-23(22)29-26)24-9-5-8-19-7-4-6-18(2)27(19)24;1-2-5-3-4/h4-9,14,20-21,28H,3,10-13,15-17H2,1-2H3;3H,2H2,1H3. The molecule has 2 aromatic carbocycles. The summed E-state index contributed by atoms with van der Waals surface area (Å²) in [6.45, 7) is 11.6. The summed E-state index contributed by atoms with van der Waals surface area (Å²) in [6.07, 6.45) is 3.60. The molecule has 0 radical (unpaired) electrons. The fourth-order valence-corrected chi connectivity index (χ4v) is 6.03. The molecule has 196 valence electrons. The molecule has 37 heavy (non-hydrogen) atoms. The van der Waals surface area contributed by atoms with E-state index >= 15 is 0 Å². The summed E-state index contributed by atoms with van der Waals surface area (Å²) in [5.74, 6) is 0.767. The van der Waals surface area contributed by atoms with E-state index in [9.17, 15) is 4.79 Å². The predicted octanol–water partition coefficient (Wildman–Crippen LogP) is 4.62. The van der Waals surface area contributed by atoms with Crippen LogP contribution in [0, 0.1) is 6.92 Å². The summed E-state index contributed by atoms with van der Waals surface area (Å²) in [6, 6.07) is 16.7. The molecule has 0 aliphatic carbocycles. The maximum atomic E-state index is 9.18. The zero-order chi connectivity index (χ0) is 25.8. The highest BCUT2D eigenvalue weighted by atomic mass is 16.5. The van der Waals surface area contributed by atoms with Gasteiger partial charge in [0.25, 0.3) is 6.47 Å². The number of nitrogens with zero attached hydrogens (tertiary/aromatic N) is 3. The Hall–Kier alpha value is -3.32. The van der Waals surface area contributed by atoms with Gasteiger partial charge in [-0.25, -0.2) is 4.98 Å². The third kappa shape index (κ3) is 5.37. The molecule has 0 amide bonds. The van der Waals surface area contributed by atoms with E-state index in [4.69, 9.17) is 9.72 Å². The van der Waals surface area contributed by atoms with Crippen molar-refractivity contribution in [3.8, 4) is 5.88 Å². The first-order valence-corrected chi connectivity index (χ1v) is 13.6. The molecule has 0 saturated carbocycles. The zero-order valence-electron chi connectivity index (χ0n) is 22.2. The molecule has 2 fully saturated rings. The fraction of sp³-hybridized carbons (Fsp3) is 0.467. The number of hydrogen-bond donors (Lipinski definition) is 1. The molecular formula is C30H38N4O3. The van der Waals surface area contributed by atoms with Crippen molar-refractivity contribution in [2.24, 2.45) is 0 Å². The number of aryl methyl sites for hydroxylation is 1. The van der Waals surface area contributed by atoms with Crippen molar-refractivity contribution >= 4 is 28.6 Å². The topological polar surface area (TPSA) is 66.9 Å². The second-order valence-corrected chi connectivity index (χ2v) is 10.1. The summed E-state index contributed by atoms with van der Waals surface area (Å²) < 4.78 is 10.1. The Morgan fingerprint density at radius 3 is 2.46 bits per heavy atom. The van der Waals surface area contributed by atoms with Crippen LogP contribution in [0.5, 0.6) is 5.88 Å². The Bertz CT molecular complexity index is 1230. The molecule has 6 rings (SSSR count). The predicted molar refractivity (Wildman–Crippen MR) is 149 cm³/mol. The van der Waals surface area contributed by atoms with Crippen LogP contribution in [0.25, 0.3) is 10.8 Å². The van der Waals surface area contributed by atoms with E-state index < -0.39 is 0 Å². The number of fused-ring (bicyclic) bond motifs is 4. The summed E-state index contributed by atoms with van der Waals surface area (Å²) in [5.41, 5.74) is 6.59. The van der Waals surface area contributed by atoms with Crippen molar-refractivity contribution in [2.75, 3.05) is 42.6 Å². The zero-order valence-corrected chi connectivity index (χ0v) is 22.2. The minimum atomic E-state index is 0.431. The average molecular weight is 503 g/mol. The number of carbonyl (C=O) groups is 1. The number of pyridine rings is 1. The summed E-state index contributed by atoms with van der Waals surface area (Å²) in [5, 5.41) is 6.43. The van der Waals surface area contributed by atoms with Gasteiger partial charge in [0.05, 0.1) is 25.5 Å². The molecule has 3 aliphatic rings. The van der Waals surface area contributed by atoms with Crippen molar-refractivity contribution in [2.45, 2.75) is 58.7 Å². The van der Waals surface area contributed by atoms with Gasteiger partial charge in [-0.05, 0) is 57.0 Å². The van der Waals surface area contributed by atoms with Crippen LogP contribution in [0.4, 0.5) is 11.4 Å². The molecule has 2 atom stereocenters. The first kappa shape index (κ1) is 25.3. The van der Waals surface area contributed by atoms with Gasteiger partial charge in [-0.15, -0.1) is 0 Å². The molecule has 2 saturated heterocycles. The van der Waals surface area contributed by atoms with Crippen LogP contribution in [0.15, 0.2) is 42.5 Å². The van der Waals surface area contributed by atoms with E-state index in [2.05, 4.69) is 69.2 Å². The van der Waals surface area contributed by atoms with Gasteiger partial charge >= 0.3 is 0 Å². The Balaban J connectivity index is 0.000000514. The van der Waals surface area contributed by atoms with Gasteiger partial charge in [0.1, 0.15) is 0 Å². The minimum absolute atomic E-state index is 0.431. The lowest BCUT2D eigenvalue weighted by molar-refractivity contribution is -0.128. The van der Waals surface area contributed by atoms with Crippen molar-refractivity contribution in [1.82, 2.24) is 10.3 Å². The molecule has 4 heterocycles. The highest BCUT2D eigenvalue weighted by molar-refractivity contribution is 5.97. The summed E-state index contributed by atoms with van der Waals surface area (Å²) in [4.78, 5) is 19.3. The van der Waals surface area contributed by atoms with Gasteiger partial charge in [0.2, 0.25) is 5.88 Å². The molecule has 0 spiro atoms. The fourth-order valence-electron chi connectivity index (χ4n) is 6.03. The number of anilines is 2. The van der Waals surface area contributed by atoms with E-state index in [1.54, 1.807) is 6.92 Å². The van der Waals surface area contributed by atoms with Gasteiger partial charge in [-0.1, -0.05) is 30.3 Å². The lowest BCUT2D eigenvalue weighted by Crippen LogP contribution is -2.51. The van der Waals surface area contributed by atoms with Gasteiger partial charge < -0.3 is 24.6 Å². The van der Waals surface area contributed by atoms with Crippen LogP contribution in [-0.4, -0.2) is 56.4 Å². The maximum Gasteiger partial charge on any atom is 0.293 e. The smallest absolute Gasteiger partial charge is 0.293 e.